The van der Waals surface area contributed by atoms with E-state index < -0.39 is 24.5 Å². The number of aryl methyl sites for hydroxylation is 1. The molecule has 2 saturated heterocycles. The summed E-state index contributed by atoms with van der Waals surface area (Å²) in [5.74, 6) is -1.17. The van der Waals surface area contributed by atoms with Crippen LogP contribution in [-0.4, -0.2) is 42.7 Å². The Labute approximate surface area is 143 Å². The molecule has 2 heterocycles. The summed E-state index contributed by atoms with van der Waals surface area (Å²) in [6, 6.07) is 5.74. The molecule has 0 radical (unpaired) electrons. The minimum atomic E-state index is -3.60. The van der Waals surface area contributed by atoms with Crippen LogP contribution >= 0.6 is 0 Å². The first-order valence-corrected chi connectivity index (χ1v) is 8.04. The number of carboxylic acids is 1. The van der Waals surface area contributed by atoms with Crippen LogP contribution in [0.1, 0.15) is 11.1 Å². The summed E-state index contributed by atoms with van der Waals surface area (Å²) in [5.41, 5.74) is 3.24. The molecule has 0 amide bonds. The van der Waals surface area contributed by atoms with Gasteiger partial charge in [0.15, 0.2) is 0 Å². The molecule has 25 heavy (non-hydrogen) atoms. The van der Waals surface area contributed by atoms with Gasteiger partial charge in [0.2, 0.25) is 0 Å². The fourth-order valence-electron chi connectivity index (χ4n) is 3.43. The van der Waals surface area contributed by atoms with E-state index in [0.717, 1.165) is 16.8 Å². The molecule has 2 atom stereocenters. The van der Waals surface area contributed by atoms with Gasteiger partial charge in [0.25, 0.3) is 0 Å². The monoisotopic (exact) mass is 349 g/mol. The zero-order valence-electron chi connectivity index (χ0n) is 13.5. The van der Waals surface area contributed by atoms with Gasteiger partial charge in [0, 0.05) is 18.8 Å². The van der Waals surface area contributed by atoms with Crippen molar-refractivity contribution in [1.29, 1.82) is 0 Å². The van der Waals surface area contributed by atoms with Crippen LogP contribution in [0.2, 0.25) is 0 Å². The number of aliphatic carboxylic acids is 1. The van der Waals surface area contributed by atoms with E-state index in [0.29, 0.717) is 18.7 Å². The zero-order valence-corrected chi connectivity index (χ0v) is 13.5. The Hall–Kier alpha value is -2.25. The van der Waals surface area contributed by atoms with Crippen molar-refractivity contribution < 1.29 is 28.2 Å². The predicted molar refractivity (Wildman–Crippen MR) is 86.3 cm³/mol. The second-order valence-corrected chi connectivity index (χ2v) is 6.59. The Bertz CT molecular complexity index is 783. The summed E-state index contributed by atoms with van der Waals surface area (Å²) < 4.78 is 36.3. The lowest BCUT2D eigenvalue weighted by atomic mass is 9.91. The van der Waals surface area contributed by atoms with Gasteiger partial charge in [-0.05, 0) is 35.8 Å². The van der Waals surface area contributed by atoms with Crippen LogP contribution in [0.4, 0.5) is 14.5 Å². The van der Waals surface area contributed by atoms with Crippen LogP contribution in [0.5, 0.6) is 0 Å². The van der Waals surface area contributed by atoms with E-state index in [2.05, 4.69) is 4.74 Å². The second-order valence-electron chi connectivity index (χ2n) is 6.59. The molecule has 2 unspecified atom stereocenters. The van der Waals surface area contributed by atoms with Crippen molar-refractivity contribution in [3.05, 3.63) is 47.6 Å². The number of alkyl halides is 2. The van der Waals surface area contributed by atoms with E-state index in [1.165, 1.54) is 0 Å². The SMILES string of the molecule is Cc1cc(C2=CC=CC3OC(F)(F)OC23)cc(N2CC(C(=O)O)C2)c1. The van der Waals surface area contributed by atoms with Crippen LogP contribution in [-0.2, 0) is 14.3 Å². The normalized spacial score (nSPS) is 27.6. The molecule has 0 spiro atoms. The number of allylic oxidation sites excluding steroid dienone is 2. The van der Waals surface area contributed by atoms with E-state index >= 15 is 0 Å². The highest BCUT2D eigenvalue weighted by Gasteiger charge is 2.50. The highest BCUT2D eigenvalue weighted by molar-refractivity contribution is 5.78. The molecule has 2 fully saturated rings. The number of fused-ring (bicyclic) bond motifs is 1. The molecule has 3 aliphatic rings. The molecule has 1 aromatic carbocycles. The van der Waals surface area contributed by atoms with Gasteiger partial charge in [-0.1, -0.05) is 24.3 Å². The maximum atomic E-state index is 13.4. The van der Waals surface area contributed by atoms with E-state index in [9.17, 15) is 13.6 Å². The molecule has 0 bridgehead atoms. The van der Waals surface area contributed by atoms with Crippen LogP contribution in [0, 0.1) is 12.8 Å². The van der Waals surface area contributed by atoms with E-state index in [1.54, 1.807) is 18.2 Å². The third-order valence-corrected chi connectivity index (χ3v) is 4.71. The van der Waals surface area contributed by atoms with Gasteiger partial charge in [-0.2, -0.15) is 0 Å². The summed E-state index contributed by atoms with van der Waals surface area (Å²) in [4.78, 5) is 12.9. The van der Waals surface area contributed by atoms with E-state index in [1.807, 2.05) is 30.0 Å². The molecule has 0 aromatic heterocycles. The van der Waals surface area contributed by atoms with Crippen molar-refractivity contribution >= 4 is 17.2 Å². The number of carboxylic acid groups (broad SMARTS) is 1. The molecule has 0 saturated carbocycles. The fraction of sp³-hybridized carbons (Fsp3) is 0.389. The largest absolute Gasteiger partial charge is 0.486 e. The number of halogens is 2. The Morgan fingerprint density at radius 1 is 1.28 bits per heavy atom. The fourth-order valence-corrected chi connectivity index (χ4v) is 3.43. The van der Waals surface area contributed by atoms with Crippen molar-refractivity contribution in [2.24, 2.45) is 5.92 Å². The molecule has 1 N–H and O–H groups in total. The first-order chi connectivity index (χ1) is 11.8. The first-order valence-electron chi connectivity index (χ1n) is 8.04. The van der Waals surface area contributed by atoms with E-state index in [4.69, 9.17) is 9.84 Å². The van der Waals surface area contributed by atoms with Crippen molar-refractivity contribution in [2.75, 3.05) is 18.0 Å². The summed E-state index contributed by atoms with van der Waals surface area (Å²) in [6.07, 6.45) is -0.286. The van der Waals surface area contributed by atoms with Crippen molar-refractivity contribution in [3.63, 3.8) is 0 Å². The maximum Gasteiger partial charge on any atom is 0.486 e. The van der Waals surface area contributed by atoms with Crippen molar-refractivity contribution in [2.45, 2.75) is 25.4 Å². The quantitative estimate of drug-likeness (QED) is 0.909. The van der Waals surface area contributed by atoms with E-state index in [-0.39, 0.29) is 5.92 Å². The number of carbonyl (C=O) groups is 1. The number of ether oxygens (including phenoxy) is 2. The lowest BCUT2D eigenvalue weighted by Crippen LogP contribution is -2.50. The summed E-state index contributed by atoms with van der Waals surface area (Å²) in [6.45, 7) is 2.81. The Balaban J connectivity index is 1.62. The first kappa shape index (κ1) is 16.2. The standard InChI is InChI=1S/C18H17F2NO4/c1-10-5-11(7-13(6-10)21-8-12(9-21)17(22)23)14-3-2-4-15-16(14)25-18(19,20)24-15/h2-7,12,15-16H,8-9H2,1H3,(H,22,23). The van der Waals surface area contributed by atoms with Gasteiger partial charge >= 0.3 is 12.3 Å². The lowest BCUT2D eigenvalue weighted by Gasteiger charge is -2.39. The van der Waals surface area contributed by atoms with Crippen LogP contribution in [0.3, 0.4) is 0 Å². The molecule has 5 nitrogen and oxygen atoms in total. The van der Waals surface area contributed by atoms with Crippen LogP contribution in [0.15, 0.2) is 36.4 Å². The molecule has 4 rings (SSSR count). The van der Waals surface area contributed by atoms with Gasteiger partial charge in [0.1, 0.15) is 12.2 Å². The third kappa shape index (κ3) is 2.94. The van der Waals surface area contributed by atoms with Gasteiger partial charge in [-0.15, -0.1) is 8.78 Å². The molecular weight excluding hydrogens is 332 g/mol. The highest BCUT2D eigenvalue weighted by Crippen LogP contribution is 2.41. The second kappa shape index (κ2) is 5.64. The Morgan fingerprint density at radius 2 is 2.04 bits per heavy atom. The molecule has 1 aliphatic carbocycles. The summed E-state index contributed by atoms with van der Waals surface area (Å²) in [7, 11) is 0. The van der Waals surface area contributed by atoms with Crippen LogP contribution < -0.4 is 4.90 Å². The topological polar surface area (TPSA) is 59.0 Å². The van der Waals surface area contributed by atoms with Gasteiger partial charge in [0.05, 0.1) is 5.92 Å². The van der Waals surface area contributed by atoms with Gasteiger partial charge in [-0.25, -0.2) is 0 Å². The Morgan fingerprint density at radius 3 is 2.76 bits per heavy atom. The number of rotatable bonds is 3. The minimum absolute atomic E-state index is 0.365. The number of nitrogens with zero attached hydrogens (tertiary/aromatic N) is 1. The third-order valence-electron chi connectivity index (χ3n) is 4.71. The Kier molecular flexibility index (Phi) is 3.66. The molecule has 2 aliphatic heterocycles. The summed E-state index contributed by atoms with van der Waals surface area (Å²) >= 11 is 0. The van der Waals surface area contributed by atoms with Crippen molar-refractivity contribution in [1.82, 2.24) is 0 Å². The van der Waals surface area contributed by atoms with Crippen molar-refractivity contribution in [3.8, 4) is 0 Å². The van der Waals surface area contributed by atoms with Gasteiger partial charge in [-0.3, -0.25) is 14.3 Å². The zero-order chi connectivity index (χ0) is 17.8. The van der Waals surface area contributed by atoms with Crippen LogP contribution in [0.25, 0.3) is 5.57 Å². The number of benzene rings is 1. The predicted octanol–water partition coefficient (Wildman–Crippen LogP) is 2.80. The molecule has 1 aromatic rings. The minimum Gasteiger partial charge on any atom is -0.481 e. The maximum absolute atomic E-state index is 13.4. The number of hydrogen-bond donors (Lipinski definition) is 1. The molecule has 132 valence electrons. The average Bonchev–Trinajstić information content (AvgIpc) is 2.78. The summed E-state index contributed by atoms with van der Waals surface area (Å²) in [5, 5.41) is 9.02. The average molecular weight is 349 g/mol. The highest BCUT2D eigenvalue weighted by atomic mass is 19.3. The number of anilines is 1. The van der Waals surface area contributed by atoms with Gasteiger partial charge < -0.3 is 10.0 Å². The molecule has 7 heteroatoms. The number of hydrogen-bond acceptors (Lipinski definition) is 4. The smallest absolute Gasteiger partial charge is 0.481 e. The molecular formula is C18H17F2NO4. The lowest BCUT2D eigenvalue weighted by molar-refractivity contribution is -0.347.